The van der Waals surface area contributed by atoms with Gasteiger partial charge in [-0.1, -0.05) is 11.6 Å². The quantitative estimate of drug-likeness (QED) is 0.827. The number of amides is 1. The predicted molar refractivity (Wildman–Crippen MR) is 104 cm³/mol. The molecule has 4 rings (SSSR count). The van der Waals surface area contributed by atoms with Gasteiger partial charge in [0.2, 0.25) is 0 Å². The van der Waals surface area contributed by atoms with E-state index in [0.29, 0.717) is 28.4 Å². The second-order valence-corrected chi connectivity index (χ2v) is 7.62. The average Bonchev–Trinajstić information content (AvgIpc) is 3.21. The first kappa shape index (κ1) is 17.8. The number of carbonyl (C=O) groups excluding carboxylic acids is 1. The Morgan fingerprint density at radius 1 is 1.15 bits per heavy atom. The highest BCUT2D eigenvalue weighted by Gasteiger charge is 2.40. The number of rotatable bonds is 4. The lowest BCUT2D eigenvalue weighted by Gasteiger charge is -2.23. The van der Waals surface area contributed by atoms with E-state index in [2.05, 4.69) is 15.2 Å². The van der Waals surface area contributed by atoms with Crippen LogP contribution in [0.3, 0.4) is 0 Å². The van der Waals surface area contributed by atoms with Gasteiger partial charge in [-0.05, 0) is 68.5 Å². The number of benzene rings is 1. The molecule has 2 aliphatic heterocycles. The van der Waals surface area contributed by atoms with E-state index in [9.17, 15) is 9.59 Å². The Kier molecular flexibility index (Phi) is 4.52. The van der Waals surface area contributed by atoms with Crippen molar-refractivity contribution in [2.75, 3.05) is 10.2 Å². The maximum atomic E-state index is 12.7. The summed E-state index contributed by atoms with van der Waals surface area (Å²) in [5.74, 6) is -0.602. The summed E-state index contributed by atoms with van der Waals surface area (Å²) < 4.78 is 0. The number of hydrogen-bond acceptors (Lipinski definition) is 4. The van der Waals surface area contributed by atoms with Crippen molar-refractivity contribution >= 4 is 35.0 Å². The number of fused-ring (bicyclic) bond motifs is 2. The van der Waals surface area contributed by atoms with Crippen molar-refractivity contribution in [3.63, 3.8) is 0 Å². The molecule has 1 aromatic heterocycles. The number of nitrogens with one attached hydrogen (secondary N) is 1. The lowest BCUT2D eigenvalue weighted by atomic mass is 10.0. The highest BCUT2D eigenvalue weighted by molar-refractivity contribution is 6.31. The van der Waals surface area contributed by atoms with Crippen molar-refractivity contribution in [3.05, 3.63) is 52.2 Å². The van der Waals surface area contributed by atoms with Crippen molar-refractivity contribution in [1.29, 1.82) is 0 Å². The number of pyridine rings is 1. The van der Waals surface area contributed by atoms with Crippen LogP contribution in [0.4, 0.5) is 11.5 Å². The summed E-state index contributed by atoms with van der Waals surface area (Å²) in [5, 5.41) is 12.4. The first-order valence-electron chi connectivity index (χ1n) is 9.03. The number of halogens is 1. The number of aryl methyl sites for hydroxylation is 1. The third-order valence-electron chi connectivity index (χ3n) is 5.44. The first-order chi connectivity index (χ1) is 12.9. The van der Waals surface area contributed by atoms with Crippen LogP contribution < -0.4 is 10.2 Å². The number of aromatic nitrogens is 1. The fraction of sp³-hybridized carbons (Fsp3) is 0.350. The minimum absolute atomic E-state index is 0.209. The summed E-state index contributed by atoms with van der Waals surface area (Å²) in [6.45, 7) is 1.69. The van der Waals surface area contributed by atoms with E-state index in [1.807, 2.05) is 6.07 Å². The minimum Gasteiger partial charge on any atom is -0.478 e. The molecule has 0 radical (unpaired) electrons. The number of aromatic carboxylic acids is 1. The van der Waals surface area contributed by atoms with Crippen molar-refractivity contribution in [2.24, 2.45) is 0 Å². The summed E-state index contributed by atoms with van der Waals surface area (Å²) in [5.41, 5.74) is 1.56. The smallest absolute Gasteiger partial charge is 0.335 e. The lowest BCUT2D eigenvalue weighted by molar-refractivity contribution is 0.0696. The van der Waals surface area contributed by atoms with Gasteiger partial charge in [0.25, 0.3) is 5.91 Å². The third-order valence-corrected chi connectivity index (χ3v) is 5.66. The molecular weight excluding hydrogens is 366 g/mol. The van der Waals surface area contributed by atoms with Crippen LogP contribution in [0.2, 0.25) is 5.02 Å². The van der Waals surface area contributed by atoms with E-state index in [1.54, 1.807) is 25.1 Å². The van der Waals surface area contributed by atoms with Crippen molar-refractivity contribution < 1.29 is 14.7 Å². The number of carboxylic acids is 1. The Morgan fingerprint density at radius 2 is 1.81 bits per heavy atom. The molecule has 7 heteroatoms. The first-order valence-corrected chi connectivity index (χ1v) is 9.41. The Balaban J connectivity index is 1.57. The molecule has 2 saturated heterocycles. The molecule has 2 bridgehead atoms. The van der Waals surface area contributed by atoms with Crippen molar-refractivity contribution in [1.82, 2.24) is 4.98 Å². The van der Waals surface area contributed by atoms with Gasteiger partial charge in [0.1, 0.15) is 11.5 Å². The third kappa shape index (κ3) is 3.37. The van der Waals surface area contributed by atoms with E-state index in [4.69, 9.17) is 16.7 Å². The second-order valence-electron chi connectivity index (χ2n) is 7.19. The summed E-state index contributed by atoms with van der Waals surface area (Å²) in [7, 11) is 0. The predicted octanol–water partition coefficient (Wildman–Crippen LogP) is 4.13. The Morgan fingerprint density at radius 3 is 2.41 bits per heavy atom. The van der Waals surface area contributed by atoms with Gasteiger partial charge < -0.3 is 15.3 Å². The molecule has 6 nitrogen and oxygen atoms in total. The van der Waals surface area contributed by atoms with E-state index in [1.165, 1.54) is 6.07 Å². The molecule has 0 saturated carbocycles. The summed E-state index contributed by atoms with van der Waals surface area (Å²) in [6.07, 6.45) is 4.65. The molecule has 0 aliphatic carbocycles. The van der Waals surface area contributed by atoms with Crippen LogP contribution in [-0.4, -0.2) is 34.1 Å². The van der Waals surface area contributed by atoms with Crippen LogP contribution in [0, 0.1) is 6.92 Å². The van der Waals surface area contributed by atoms with Crippen molar-refractivity contribution in [3.8, 4) is 0 Å². The number of hydrogen-bond donors (Lipinski definition) is 2. The van der Waals surface area contributed by atoms with Crippen LogP contribution in [0.25, 0.3) is 0 Å². The Bertz CT molecular complexity index is 911. The molecule has 3 heterocycles. The summed E-state index contributed by atoms with van der Waals surface area (Å²) in [4.78, 5) is 30.7. The number of carboxylic acid groups (broad SMARTS) is 1. The van der Waals surface area contributed by atoms with Crippen LogP contribution in [0.15, 0.2) is 30.3 Å². The average molecular weight is 386 g/mol. The monoisotopic (exact) mass is 385 g/mol. The molecule has 140 valence electrons. The molecule has 2 N–H and O–H groups in total. The zero-order valence-corrected chi connectivity index (χ0v) is 15.7. The largest absolute Gasteiger partial charge is 0.478 e. The Hall–Kier alpha value is -2.60. The molecule has 2 aromatic rings. The van der Waals surface area contributed by atoms with E-state index >= 15 is 0 Å². The van der Waals surface area contributed by atoms with Crippen LogP contribution >= 0.6 is 11.6 Å². The minimum atomic E-state index is -0.994. The summed E-state index contributed by atoms with van der Waals surface area (Å²) >= 11 is 6.26. The standard InChI is InChI=1S/C20H20ClN3O3/c1-11-8-13(2-7-16(11)20(26)27)22-19(25)17-9-12(21)10-18(23-17)24-14-3-4-15(24)6-5-14/h2,7-10,14-15H,3-6H2,1H3,(H,22,25)(H,26,27). The van der Waals surface area contributed by atoms with Crippen LogP contribution in [0.1, 0.15) is 52.1 Å². The zero-order valence-electron chi connectivity index (χ0n) is 14.9. The van der Waals surface area contributed by atoms with E-state index < -0.39 is 5.97 Å². The maximum absolute atomic E-state index is 12.7. The molecule has 1 amide bonds. The van der Waals surface area contributed by atoms with Crippen molar-refractivity contribution in [2.45, 2.75) is 44.7 Å². The fourth-order valence-electron chi connectivity index (χ4n) is 4.20. The molecule has 2 fully saturated rings. The molecule has 27 heavy (non-hydrogen) atoms. The summed E-state index contributed by atoms with van der Waals surface area (Å²) in [6, 6.07) is 9.03. The normalized spacial score (nSPS) is 20.7. The van der Waals surface area contributed by atoms with Gasteiger partial charge in [-0.3, -0.25) is 4.79 Å². The molecular formula is C20H20ClN3O3. The Labute approximate surface area is 162 Å². The van der Waals surface area contributed by atoms with Crippen LogP contribution in [0.5, 0.6) is 0 Å². The fourth-order valence-corrected chi connectivity index (χ4v) is 4.40. The molecule has 2 aliphatic rings. The lowest BCUT2D eigenvalue weighted by Crippen LogP contribution is -2.29. The molecule has 1 aromatic carbocycles. The van der Waals surface area contributed by atoms with Gasteiger partial charge in [0, 0.05) is 22.8 Å². The zero-order chi connectivity index (χ0) is 19.1. The topological polar surface area (TPSA) is 82.5 Å². The SMILES string of the molecule is Cc1cc(NC(=O)c2cc(Cl)cc(N3C4CCC3CC4)n2)ccc1C(=O)O. The molecule has 0 atom stereocenters. The maximum Gasteiger partial charge on any atom is 0.335 e. The molecule has 0 unspecified atom stereocenters. The van der Waals surface area contributed by atoms with Gasteiger partial charge >= 0.3 is 5.97 Å². The van der Waals surface area contributed by atoms with Gasteiger partial charge in [0.15, 0.2) is 0 Å². The highest BCUT2D eigenvalue weighted by atomic mass is 35.5. The molecule has 0 spiro atoms. The van der Waals surface area contributed by atoms with Gasteiger partial charge in [-0.15, -0.1) is 0 Å². The second kappa shape index (κ2) is 6.85. The number of nitrogens with zero attached hydrogens (tertiary/aromatic N) is 2. The van der Waals surface area contributed by atoms with E-state index in [-0.39, 0.29) is 17.2 Å². The van der Waals surface area contributed by atoms with Gasteiger partial charge in [-0.2, -0.15) is 0 Å². The van der Waals surface area contributed by atoms with Gasteiger partial charge in [-0.25, -0.2) is 9.78 Å². The number of anilines is 2. The van der Waals surface area contributed by atoms with Crippen LogP contribution in [-0.2, 0) is 0 Å². The van der Waals surface area contributed by atoms with E-state index in [0.717, 1.165) is 31.5 Å². The number of carbonyl (C=O) groups is 2. The highest BCUT2D eigenvalue weighted by Crippen LogP contribution is 2.40. The van der Waals surface area contributed by atoms with Gasteiger partial charge in [0.05, 0.1) is 5.56 Å².